The van der Waals surface area contributed by atoms with Crippen LogP contribution in [-0.4, -0.2) is 54.5 Å². The molecule has 2 aromatic carbocycles. The van der Waals surface area contributed by atoms with E-state index in [0.717, 1.165) is 18.7 Å². The Labute approximate surface area is 186 Å². The average Bonchev–Trinajstić information content (AvgIpc) is 2.81. The zero-order valence-corrected chi connectivity index (χ0v) is 17.7. The van der Waals surface area contributed by atoms with Crippen molar-refractivity contribution < 1.29 is 19.2 Å². The highest BCUT2D eigenvalue weighted by atomic mass is 16.6. The fraction of sp³-hybridized carbons (Fsp3) is 0.304. The van der Waals surface area contributed by atoms with Crippen LogP contribution in [-0.2, 0) is 20.9 Å². The first-order valence-electron chi connectivity index (χ1n) is 10.4. The third-order valence-electron chi connectivity index (χ3n) is 4.94. The Morgan fingerprint density at radius 2 is 1.91 bits per heavy atom. The molecule has 0 bridgehead atoms. The van der Waals surface area contributed by atoms with Crippen molar-refractivity contribution in [1.82, 2.24) is 10.2 Å². The maximum atomic E-state index is 12.2. The van der Waals surface area contributed by atoms with Crippen molar-refractivity contribution in [2.45, 2.75) is 13.0 Å². The summed E-state index contributed by atoms with van der Waals surface area (Å²) >= 11 is 0. The molecule has 1 aliphatic rings. The van der Waals surface area contributed by atoms with Crippen molar-refractivity contribution in [1.29, 1.82) is 0 Å². The number of amides is 2. The van der Waals surface area contributed by atoms with E-state index < -0.39 is 4.92 Å². The minimum atomic E-state index is -0.480. The number of carbonyl (C=O) groups is 2. The normalized spacial score (nSPS) is 14.2. The molecule has 32 heavy (non-hydrogen) atoms. The van der Waals surface area contributed by atoms with Crippen molar-refractivity contribution in [3.05, 3.63) is 75.8 Å². The van der Waals surface area contributed by atoms with Gasteiger partial charge in [-0.1, -0.05) is 24.3 Å². The molecule has 168 valence electrons. The van der Waals surface area contributed by atoms with Gasteiger partial charge in [-0.3, -0.25) is 24.6 Å². The highest BCUT2D eigenvalue weighted by Crippen LogP contribution is 2.14. The van der Waals surface area contributed by atoms with E-state index in [-0.39, 0.29) is 24.0 Å². The zero-order valence-electron chi connectivity index (χ0n) is 17.7. The first kappa shape index (κ1) is 23.1. The van der Waals surface area contributed by atoms with Crippen molar-refractivity contribution >= 4 is 29.3 Å². The van der Waals surface area contributed by atoms with Crippen molar-refractivity contribution in [2.75, 3.05) is 38.2 Å². The van der Waals surface area contributed by atoms with Crippen LogP contribution in [0.3, 0.4) is 0 Å². The summed E-state index contributed by atoms with van der Waals surface area (Å²) in [5, 5.41) is 16.5. The lowest BCUT2D eigenvalue weighted by Crippen LogP contribution is -2.38. The van der Waals surface area contributed by atoms with Gasteiger partial charge in [-0.2, -0.15) is 0 Å². The van der Waals surface area contributed by atoms with Crippen LogP contribution in [0.5, 0.6) is 0 Å². The maximum Gasteiger partial charge on any atom is 0.270 e. The number of hydrogen-bond acceptors (Lipinski definition) is 6. The number of nitrogens with zero attached hydrogens (tertiary/aromatic N) is 2. The summed E-state index contributed by atoms with van der Waals surface area (Å²) in [6, 6.07) is 13.3. The molecule has 1 heterocycles. The topological polar surface area (TPSA) is 114 Å². The van der Waals surface area contributed by atoms with Gasteiger partial charge in [0.15, 0.2) is 0 Å². The van der Waals surface area contributed by atoms with E-state index in [9.17, 15) is 19.7 Å². The Morgan fingerprint density at radius 3 is 2.69 bits per heavy atom. The van der Waals surface area contributed by atoms with Crippen molar-refractivity contribution in [2.24, 2.45) is 0 Å². The van der Waals surface area contributed by atoms with Gasteiger partial charge in [0.25, 0.3) is 5.69 Å². The lowest BCUT2D eigenvalue weighted by molar-refractivity contribution is -0.384. The van der Waals surface area contributed by atoms with Crippen LogP contribution in [0.4, 0.5) is 11.4 Å². The number of ether oxygens (including phenoxy) is 1. The van der Waals surface area contributed by atoms with Crippen LogP contribution in [0.15, 0.2) is 54.6 Å². The highest BCUT2D eigenvalue weighted by molar-refractivity contribution is 5.92. The van der Waals surface area contributed by atoms with Gasteiger partial charge in [0.1, 0.15) is 0 Å². The minimum absolute atomic E-state index is 0.0311. The fourth-order valence-corrected chi connectivity index (χ4v) is 3.23. The molecular weight excluding hydrogens is 412 g/mol. The molecule has 1 aliphatic heterocycles. The molecule has 3 rings (SSSR count). The molecule has 2 amide bonds. The number of carbonyl (C=O) groups excluding carboxylic acids is 2. The average molecular weight is 438 g/mol. The molecule has 1 saturated heterocycles. The monoisotopic (exact) mass is 438 g/mol. The lowest BCUT2D eigenvalue weighted by Gasteiger charge is -2.26. The number of nitro benzene ring substituents is 1. The van der Waals surface area contributed by atoms with Crippen molar-refractivity contribution in [3.63, 3.8) is 0 Å². The van der Waals surface area contributed by atoms with E-state index in [2.05, 4.69) is 15.5 Å². The molecule has 0 aromatic heterocycles. The van der Waals surface area contributed by atoms with Crippen LogP contribution >= 0.6 is 0 Å². The number of hydrogen-bond donors (Lipinski definition) is 2. The van der Waals surface area contributed by atoms with Crippen LogP contribution in [0, 0.1) is 10.1 Å². The van der Waals surface area contributed by atoms with E-state index in [1.54, 1.807) is 18.2 Å². The molecule has 2 aromatic rings. The number of benzene rings is 2. The lowest BCUT2D eigenvalue weighted by atomic mass is 10.2. The van der Waals surface area contributed by atoms with Gasteiger partial charge < -0.3 is 15.4 Å². The molecule has 0 unspecified atom stereocenters. The second-order valence-electron chi connectivity index (χ2n) is 7.36. The SMILES string of the molecule is O=C(C=Cc1cccc([N+](=O)[O-])c1)NCc1cccc(NC(=O)CCN2CCOCC2)c1. The zero-order chi connectivity index (χ0) is 22.8. The predicted octanol–water partition coefficient (Wildman–Crippen LogP) is 2.59. The molecule has 0 saturated carbocycles. The summed E-state index contributed by atoms with van der Waals surface area (Å²) in [6.07, 6.45) is 3.26. The molecule has 0 atom stereocenters. The minimum Gasteiger partial charge on any atom is -0.379 e. The number of non-ortho nitro benzene ring substituents is 1. The van der Waals surface area contributed by atoms with Crippen LogP contribution in [0.2, 0.25) is 0 Å². The van der Waals surface area contributed by atoms with Gasteiger partial charge in [0.05, 0.1) is 18.1 Å². The largest absolute Gasteiger partial charge is 0.379 e. The molecule has 0 radical (unpaired) electrons. The van der Waals surface area contributed by atoms with E-state index in [4.69, 9.17) is 4.74 Å². The van der Waals surface area contributed by atoms with E-state index >= 15 is 0 Å². The summed E-state index contributed by atoms with van der Waals surface area (Å²) in [5.74, 6) is -0.381. The Balaban J connectivity index is 1.45. The van der Waals surface area contributed by atoms with Crippen LogP contribution in [0.25, 0.3) is 6.08 Å². The highest BCUT2D eigenvalue weighted by Gasteiger charge is 2.12. The number of nitro groups is 1. The standard InChI is InChI=1S/C23H26N4O5/c28-22(8-7-18-3-2-6-21(16-18)27(30)31)24-17-19-4-1-5-20(15-19)25-23(29)9-10-26-11-13-32-14-12-26/h1-8,15-16H,9-14,17H2,(H,24,28)(H,25,29). The van der Waals surface area contributed by atoms with Gasteiger partial charge >= 0.3 is 0 Å². The van der Waals surface area contributed by atoms with E-state index in [0.29, 0.717) is 37.4 Å². The second-order valence-corrected chi connectivity index (χ2v) is 7.36. The van der Waals surface area contributed by atoms with Gasteiger partial charge in [0, 0.05) is 56.5 Å². The predicted molar refractivity (Wildman–Crippen MR) is 121 cm³/mol. The molecule has 1 fully saturated rings. The van der Waals surface area contributed by atoms with Gasteiger partial charge in [0.2, 0.25) is 11.8 Å². The maximum absolute atomic E-state index is 12.2. The summed E-state index contributed by atoms with van der Waals surface area (Å²) in [4.78, 5) is 36.9. The second kappa shape index (κ2) is 11.7. The summed E-state index contributed by atoms with van der Waals surface area (Å²) in [7, 11) is 0. The Bertz CT molecular complexity index is 986. The molecule has 0 spiro atoms. The third-order valence-corrected chi connectivity index (χ3v) is 4.94. The van der Waals surface area contributed by atoms with E-state index in [1.807, 2.05) is 18.2 Å². The van der Waals surface area contributed by atoms with Gasteiger partial charge in [-0.25, -0.2) is 0 Å². The quantitative estimate of drug-likeness (QED) is 0.353. The molecule has 2 N–H and O–H groups in total. The molecule has 0 aliphatic carbocycles. The smallest absolute Gasteiger partial charge is 0.270 e. The van der Waals surface area contributed by atoms with Crippen LogP contribution in [0.1, 0.15) is 17.5 Å². The van der Waals surface area contributed by atoms with Crippen molar-refractivity contribution in [3.8, 4) is 0 Å². The summed E-state index contributed by atoms with van der Waals surface area (Å²) in [6.45, 7) is 4.08. The summed E-state index contributed by atoms with van der Waals surface area (Å²) < 4.78 is 5.31. The number of morpholine rings is 1. The van der Waals surface area contributed by atoms with E-state index in [1.165, 1.54) is 24.3 Å². The first-order chi connectivity index (χ1) is 15.5. The van der Waals surface area contributed by atoms with Crippen LogP contribution < -0.4 is 10.6 Å². The Morgan fingerprint density at radius 1 is 1.12 bits per heavy atom. The first-order valence-corrected chi connectivity index (χ1v) is 10.4. The Kier molecular flexibility index (Phi) is 8.47. The number of anilines is 1. The number of rotatable bonds is 9. The van der Waals surface area contributed by atoms with Gasteiger partial charge in [-0.05, 0) is 29.3 Å². The van der Waals surface area contributed by atoms with Gasteiger partial charge in [-0.15, -0.1) is 0 Å². The molecular formula is C23H26N4O5. The molecule has 9 heteroatoms. The number of nitrogens with one attached hydrogen (secondary N) is 2. The summed E-state index contributed by atoms with van der Waals surface area (Å²) in [5.41, 5.74) is 2.05. The fourth-order valence-electron chi connectivity index (χ4n) is 3.23. The Hall–Kier alpha value is -3.56. The third kappa shape index (κ3) is 7.60. The molecule has 9 nitrogen and oxygen atoms in total.